The number of benzene rings is 1. The predicted octanol–water partition coefficient (Wildman–Crippen LogP) is 2.74. The van der Waals surface area contributed by atoms with Crippen molar-refractivity contribution in [3.63, 3.8) is 0 Å². The molecule has 0 saturated carbocycles. The molecular formula is C15H23NO2. The summed E-state index contributed by atoms with van der Waals surface area (Å²) >= 11 is 0. The molecule has 0 radical (unpaired) electrons. The summed E-state index contributed by atoms with van der Waals surface area (Å²) in [6.07, 6.45) is 3.86. The van der Waals surface area contributed by atoms with Gasteiger partial charge in [0.2, 0.25) is 0 Å². The Balaban J connectivity index is 1.68. The minimum atomic E-state index is 0.414. The van der Waals surface area contributed by atoms with Gasteiger partial charge in [0, 0.05) is 19.7 Å². The van der Waals surface area contributed by atoms with Crippen LogP contribution < -0.4 is 10.1 Å². The van der Waals surface area contributed by atoms with Gasteiger partial charge in [0.05, 0.1) is 12.7 Å². The lowest BCUT2D eigenvalue weighted by Crippen LogP contribution is -2.25. The van der Waals surface area contributed by atoms with E-state index >= 15 is 0 Å². The summed E-state index contributed by atoms with van der Waals surface area (Å²) in [6, 6.07) is 8.32. The number of ether oxygens (including phenoxy) is 2. The zero-order valence-electron chi connectivity index (χ0n) is 11.2. The normalized spacial score (nSPS) is 19.1. The highest BCUT2D eigenvalue weighted by molar-refractivity contribution is 5.27. The molecule has 18 heavy (non-hydrogen) atoms. The second kappa shape index (κ2) is 7.39. The second-order valence-electron chi connectivity index (χ2n) is 4.76. The van der Waals surface area contributed by atoms with Crippen molar-refractivity contribution in [2.24, 2.45) is 0 Å². The molecule has 1 unspecified atom stereocenters. The van der Waals surface area contributed by atoms with E-state index in [1.165, 1.54) is 18.4 Å². The number of nitrogens with one attached hydrogen (secondary N) is 1. The van der Waals surface area contributed by atoms with E-state index in [9.17, 15) is 0 Å². The molecule has 0 aliphatic carbocycles. The maximum atomic E-state index is 5.57. The number of hydrogen-bond donors (Lipinski definition) is 1. The van der Waals surface area contributed by atoms with Crippen LogP contribution in [-0.4, -0.2) is 25.9 Å². The lowest BCUT2D eigenvalue weighted by molar-refractivity contribution is 0.110. The van der Waals surface area contributed by atoms with Gasteiger partial charge in [-0.1, -0.05) is 19.1 Å². The molecule has 1 N–H and O–H groups in total. The van der Waals surface area contributed by atoms with Gasteiger partial charge < -0.3 is 14.8 Å². The zero-order chi connectivity index (χ0) is 12.6. The van der Waals surface area contributed by atoms with Gasteiger partial charge in [-0.25, -0.2) is 0 Å². The van der Waals surface area contributed by atoms with E-state index in [1.807, 2.05) is 12.1 Å². The first-order valence-corrected chi connectivity index (χ1v) is 6.92. The van der Waals surface area contributed by atoms with Crippen LogP contribution in [0.15, 0.2) is 24.3 Å². The third-order valence-electron chi connectivity index (χ3n) is 3.12. The highest BCUT2D eigenvalue weighted by Gasteiger charge is 2.14. The van der Waals surface area contributed by atoms with Crippen molar-refractivity contribution in [2.45, 2.75) is 38.8 Å². The largest absolute Gasteiger partial charge is 0.494 e. The molecule has 1 aromatic rings. The molecular weight excluding hydrogens is 226 g/mol. The zero-order valence-corrected chi connectivity index (χ0v) is 11.2. The van der Waals surface area contributed by atoms with Crippen LogP contribution in [0.1, 0.15) is 31.7 Å². The number of rotatable bonds is 7. The fourth-order valence-electron chi connectivity index (χ4n) is 2.11. The van der Waals surface area contributed by atoms with E-state index in [1.54, 1.807) is 0 Å². The molecule has 1 aliphatic rings. The van der Waals surface area contributed by atoms with Crippen molar-refractivity contribution < 1.29 is 9.47 Å². The van der Waals surface area contributed by atoms with Gasteiger partial charge in [-0.3, -0.25) is 0 Å². The molecule has 100 valence electrons. The summed E-state index contributed by atoms with van der Waals surface area (Å²) in [7, 11) is 0. The Labute approximate surface area is 109 Å². The lowest BCUT2D eigenvalue weighted by Gasteiger charge is -2.11. The maximum absolute atomic E-state index is 5.57. The third kappa shape index (κ3) is 4.31. The summed E-state index contributed by atoms with van der Waals surface area (Å²) in [6.45, 7) is 5.68. The van der Waals surface area contributed by atoms with Gasteiger partial charge in [0.25, 0.3) is 0 Å². The highest BCUT2D eigenvalue weighted by atomic mass is 16.5. The average Bonchev–Trinajstić information content (AvgIpc) is 2.91. The Hall–Kier alpha value is -1.06. The molecule has 3 heteroatoms. The van der Waals surface area contributed by atoms with Crippen LogP contribution in [0.4, 0.5) is 0 Å². The van der Waals surface area contributed by atoms with Crippen LogP contribution in [0.2, 0.25) is 0 Å². The Morgan fingerprint density at radius 1 is 1.33 bits per heavy atom. The van der Waals surface area contributed by atoms with Gasteiger partial charge in [0.15, 0.2) is 0 Å². The topological polar surface area (TPSA) is 30.5 Å². The Bertz CT molecular complexity index is 331. The Morgan fingerprint density at radius 2 is 2.17 bits per heavy atom. The van der Waals surface area contributed by atoms with E-state index in [0.717, 1.165) is 38.5 Å². The molecule has 0 aromatic heterocycles. The summed E-state index contributed by atoms with van der Waals surface area (Å²) < 4.78 is 11.1. The Kier molecular flexibility index (Phi) is 5.49. The Morgan fingerprint density at radius 3 is 2.83 bits per heavy atom. The van der Waals surface area contributed by atoms with Gasteiger partial charge in [-0.05, 0) is 37.0 Å². The molecule has 1 aromatic carbocycles. The lowest BCUT2D eigenvalue weighted by atomic mass is 10.2. The van der Waals surface area contributed by atoms with Crippen LogP contribution in [-0.2, 0) is 11.3 Å². The van der Waals surface area contributed by atoms with E-state index in [-0.39, 0.29) is 0 Å². The van der Waals surface area contributed by atoms with Crippen molar-refractivity contribution >= 4 is 0 Å². The molecule has 0 bridgehead atoms. The first-order chi connectivity index (χ1) is 8.88. The van der Waals surface area contributed by atoms with Gasteiger partial charge in [0.1, 0.15) is 5.75 Å². The molecule has 1 atom stereocenters. The number of hydrogen-bond acceptors (Lipinski definition) is 3. The molecule has 2 rings (SSSR count). The standard InChI is InChI=1S/C15H23NO2/c1-2-9-17-14-7-5-13(6-8-14)11-16-12-15-4-3-10-18-15/h5-8,15-16H,2-4,9-12H2,1H3. The van der Waals surface area contributed by atoms with Gasteiger partial charge >= 0.3 is 0 Å². The monoisotopic (exact) mass is 249 g/mol. The molecule has 1 saturated heterocycles. The molecule has 3 nitrogen and oxygen atoms in total. The van der Waals surface area contributed by atoms with Crippen LogP contribution in [0, 0.1) is 0 Å². The first kappa shape index (κ1) is 13.4. The van der Waals surface area contributed by atoms with E-state index in [4.69, 9.17) is 9.47 Å². The van der Waals surface area contributed by atoms with Crippen LogP contribution in [0.25, 0.3) is 0 Å². The van der Waals surface area contributed by atoms with Crippen molar-refractivity contribution in [3.05, 3.63) is 29.8 Å². The molecule has 0 amide bonds. The maximum Gasteiger partial charge on any atom is 0.119 e. The second-order valence-corrected chi connectivity index (χ2v) is 4.76. The van der Waals surface area contributed by atoms with Crippen molar-refractivity contribution in [2.75, 3.05) is 19.8 Å². The molecule has 1 aliphatic heterocycles. The van der Waals surface area contributed by atoms with Crippen molar-refractivity contribution in [3.8, 4) is 5.75 Å². The van der Waals surface area contributed by atoms with Crippen LogP contribution in [0.5, 0.6) is 5.75 Å². The smallest absolute Gasteiger partial charge is 0.119 e. The first-order valence-electron chi connectivity index (χ1n) is 6.92. The summed E-state index contributed by atoms with van der Waals surface area (Å²) in [5, 5.41) is 3.44. The molecule has 1 fully saturated rings. The average molecular weight is 249 g/mol. The van der Waals surface area contributed by atoms with E-state index < -0.39 is 0 Å². The van der Waals surface area contributed by atoms with Gasteiger partial charge in [-0.2, -0.15) is 0 Å². The third-order valence-corrected chi connectivity index (χ3v) is 3.12. The van der Waals surface area contributed by atoms with Crippen LogP contribution >= 0.6 is 0 Å². The van der Waals surface area contributed by atoms with Crippen molar-refractivity contribution in [1.82, 2.24) is 5.32 Å². The van der Waals surface area contributed by atoms with Crippen LogP contribution in [0.3, 0.4) is 0 Å². The fourth-order valence-corrected chi connectivity index (χ4v) is 2.11. The van der Waals surface area contributed by atoms with Crippen molar-refractivity contribution in [1.29, 1.82) is 0 Å². The van der Waals surface area contributed by atoms with E-state index in [2.05, 4.69) is 24.4 Å². The SMILES string of the molecule is CCCOc1ccc(CNCC2CCCO2)cc1. The fraction of sp³-hybridized carbons (Fsp3) is 0.600. The van der Waals surface area contributed by atoms with E-state index in [0.29, 0.717) is 6.10 Å². The summed E-state index contributed by atoms with van der Waals surface area (Å²) in [4.78, 5) is 0. The minimum absolute atomic E-state index is 0.414. The predicted molar refractivity (Wildman–Crippen MR) is 72.9 cm³/mol. The molecule has 0 spiro atoms. The molecule has 1 heterocycles. The quantitative estimate of drug-likeness (QED) is 0.806. The highest BCUT2D eigenvalue weighted by Crippen LogP contribution is 2.13. The minimum Gasteiger partial charge on any atom is -0.494 e. The summed E-state index contributed by atoms with van der Waals surface area (Å²) in [5.41, 5.74) is 1.29. The summed E-state index contributed by atoms with van der Waals surface area (Å²) in [5.74, 6) is 0.958. The van der Waals surface area contributed by atoms with Gasteiger partial charge in [-0.15, -0.1) is 0 Å².